The molecule has 3 aromatic carbocycles. The van der Waals surface area contributed by atoms with E-state index in [1.54, 1.807) is 36.4 Å². The van der Waals surface area contributed by atoms with Gasteiger partial charge in [0.15, 0.2) is 0 Å². The zero-order chi connectivity index (χ0) is 23.0. The van der Waals surface area contributed by atoms with E-state index in [-0.39, 0.29) is 22.5 Å². The van der Waals surface area contributed by atoms with Crippen LogP contribution in [0.5, 0.6) is 5.75 Å². The minimum absolute atomic E-state index is 0.0995. The van der Waals surface area contributed by atoms with Gasteiger partial charge in [0.2, 0.25) is 0 Å². The summed E-state index contributed by atoms with van der Waals surface area (Å²) in [5, 5.41) is 3.30. The minimum Gasteiger partial charge on any atom is -0.469 e. The van der Waals surface area contributed by atoms with Crippen LogP contribution in [0.3, 0.4) is 0 Å². The summed E-state index contributed by atoms with van der Waals surface area (Å²) >= 11 is 0. The maximum atomic E-state index is 12.4. The number of ether oxygens (including phenoxy) is 1. The molecule has 168 valence electrons. The number of esters is 1. The quantitative estimate of drug-likeness (QED) is 0.371. The summed E-state index contributed by atoms with van der Waals surface area (Å²) in [5.41, 5.74) is 2.97. The van der Waals surface area contributed by atoms with Crippen LogP contribution >= 0.6 is 0 Å². The fraction of sp³-hybridized carbons (Fsp3) is 0.240. The lowest BCUT2D eigenvalue weighted by Crippen LogP contribution is -2.30. The molecule has 0 saturated carbocycles. The van der Waals surface area contributed by atoms with Crippen LogP contribution < -0.4 is 9.50 Å². The molecule has 0 aliphatic rings. The van der Waals surface area contributed by atoms with E-state index >= 15 is 0 Å². The monoisotopic (exact) mass is 453 g/mol. The Bertz CT molecular complexity index is 1110. The molecule has 3 aromatic rings. The fourth-order valence-electron chi connectivity index (χ4n) is 3.24. The van der Waals surface area contributed by atoms with Crippen molar-refractivity contribution in [3.8, 4) is 5.75 Å². The van der Waals surface area contributed by atoms with E-state index in [9.17, 15) is 13.2 Å². The van der Waals surface area contributed by atoms with Gasteiger partial charge in [-0.05, 0) is 48.7 Å². The highest BCUT2D eigenvalue weighted by Gasteiger charge is 2.20. The molecule has 0 aliphatic heterocycles. The van der Waals surface area contributed by atoms with E-state index in [0.29, 0.717) is 19.5 Å². The van der Waals surface area contributed by atoms with Gasteiger partial charge in [-0.2, -0.15) is 8.42 Å². The first-order chi connectivity index (χ1) is 15.4. The smallest absolute Gasteiger partial charge is 0.339 e. The highest BCUT2D eigenvalue weighted by atomic mass is 32.2. The van der Waals surface area contributed by atoms with Crippen LogP contribution in [0.2, 0.25) is 0 Å². The van der Waals surface area contributed by atoms with Crippen molar-refractivity contribution in [3.63, 3.8) is 0 Å². The minimum atomic E-state index is -3.91. The third-order valence-electron chi connectivity index (χ3n) is 5.02. The first-order valence-electron chi connectivity index (χ1n) is 10.3. The summed E-state index contributed by atoms with van der Waals surface area (Å²) in [5.74, 6) is -0.453. The third kappa shape index (κ3) is 6.67. The van der Waals surface area contributed by atoms with Crippen molar-refractivity contribution < 1.29 is 22.1 Å². The van der Waals surface area contributed by atoms with E-state index in [0.717, 1.165) is 16.7 Å². The van der Waals surface area contributed by atoms with Crippen molar-refractivity contribution in [3.05, 3.63) is 95.6 Å². The number of benzene rings is 3. The molecule has 1 atom stereocenters. The molecule has 0 fully saturated rings. The molecule has 1 N–H and O–H groups in total. The molecule has 0 aromatic heterocycles. The topological polar surface area (TPSA) is 81.7 Å². The Morgan fingerprint density at radius 3 is 2.19 bits per heavy atom. The Morgan fingerprint density at radius 1 is 0.906 bits per heavy atom. The predicted octanol–water partition coefficient (Wildman–Crippen LogP) is 3.88. The van der Waals surface area contributed by atoms with Crippen molar-refractivity contribution >= 4 is 16.1 Å². The second kappa shape index (κ2) is 10.9. The molecule has 6 nitrogen and oxygen atoms in total. The molecule has 32 heavy (non-hydrogen) atoms. The lowest BCUT2D eigenvalue weighted by atomic mass is 9.99. The van der Waals surface area contributed by atoms with Crippen molar-refractivity contribution in [1.29, 1.82) is 0 Å². The molecule has 0 radical (unpaired) electrons. The van der Waals surface area contributed by atoms with E-state index in [4.69, 9.17) is 8.92 Å². The van der Waals surface area contributed by atoms with Crippen LogP contribution in [0.1, 0.15) is 16.7 Å². The maximum absolute atomic E-state index is 12.4. The standard InChI is InChI=1S/C25H27NO5S/c1-19-8-14-24(15-9-19)32(28,29)31-23-12-10-20(11-13-23)16-22(25(27)30-2)18-26-17-21-6-4-3-5-7-21/h3-15,22,26H,16-18H2,1-2H3. The molecule has 0 saturated heterocycles. The number of nitrogens with one attached hydrogen (secondary N) is 1. The SMILES string of the molecule is COC(=O)C(CNCc1ccccc1)Cc1ccc(OS(=O)(=O)c2ccc(C)cc2)cc1. The number of hydrogen-bond donors (Lipinski definition) is 1. The molecule has 7 heteroatoms. The van der Waals surface area contributed by atoms with Gasteiger partial charge in [-0.3, -0.25) is 4.79 Å². The van der Waals surface area contributed by atoms with Gasteiger partial charge in [-0.25, -0.2) is 0 Å². The zero-order valence-electron chi connectivity index (χ0n) is 18.2. The first-order valence-corrected chi connectivity index (χ1v) is 11.7. The highest BCUT2D eigenvalue weighted by Crippen LogP contribution is 2.21. The van der Waals surface area contributed by atoms with Gasteiger partial charge >= 0.3 is 16.1 Å². The van der Waals surface area contributed by atoms with Crippen molar-refractivity contribution in [2.45, 2.75) is 24.8 Å². The van der Waals surface area contributed by atoms with E-state index < -0.39 is 10.1 Å². The summed E-state index contributed by atoms with van der Waals surface area (Å²) in [6.07, 6.45) is 0.458. The van der Waals surface area contributed by atoms with Gasteiger partial charge in [-0.15, -0.1) is 0 Å². The van der Waals surface area contributed by atoms with Crippen LogP contribution in [0.15, 0.2) is 83.8 Å². The van der Waals surface area contributed by atoms with Gasteiger partial charge in [-0.1, -0.05) is 60.2 Å². The molecule has 0 spiro atoms. The summed E-state index contributed by atoms with van der Waals surface area (Å²) in [6.45, 7) is 2.99. The first kappa shape index (κ1) is 23.5. The molecule has 0 heterocycles. The third-order valence-corrected chi connectivity index (χ3v) is 6.28. The Hall–Kier alpha value is -3.16. The number of carbonyl (C=O) groups is 1. The second-order valence-electron chi connectivity index (χ2n) is 7.54. The summed E-state index contributed by atoms with van der Waals surface area (Å²) in [6, 6.07) is 23.1. The molecule has 3 rings (SSSR count). The summed E-state index contributed by atoms with van der Waals surface area (Å²) < 4.78 is 35.1. The van der Waals surface area contributed by atoms with Gasteiger partial charge < -0.3 is 14.2 Å². The van der Waals surface area contributed by atoms with Crippen LogP contribution in [0.25, 0.3) is 0 Å². The number of rotatable bonds is 10. The Labute approximate surface area is 189 Å². The van der Waals surface area contributed by atoms with Crippen molar-refractivity contribution in [2.24, 2.45) is 5.92 Å². The number of aryl methyl sites for hydroxylation is 1. The van der Waals surface area contributed by atoms with Gasteiger partial charge in [0.05, 0.1) is 13.0 Å². The molecule has 1 unspecified atom stereocenters. The van der Waals surface area contributed by atoms with Crippen LogP contribution in [-0.4, -0.2) is 28.0 Å². The van der Waals surface area contributed by atoms with Gasteiger partial charge in [0.1, 0.15) is 10.6 Å². The second-order valence-corrected chi connectivity index (χ2v) is 9.08. The largest absolute Gasteiger partial charge is 0.469 e. The zero-order valence-corrected chi connectivity index (χ0v) is 19.0. The van der Waals surface area contributed by atoms with E-state index in [2.05, 4.69) is 5.32 Å². The highest BCUT2D eigenvalue weighted by molar-refractivity contribution is 7.87. The Morgan fingerprint density at radius 2 is 1.56 bits per heavy atom. The molecule has 0 aliphatic carbocycles. The molecule has 0 amide bonds. The average molecular weight is 454 g/mol. The Kier molecular flexibility index (Phi) is 8.03. The summed E-state index contributed by atoms with van der Waals surface area (Å²) in [7, 11) is -2.53. The number of methoxy groups -OCH3 is 1. The predicted molar refractivity (Wildman–Crippen MR) is 123 cm³/mol. The lowest BCUT2D eigenvalue weighted by molar-refractivity contribution is -0.145. The van der Waals surface area contributed by atoms with E-state index in [1.807, 2.05) is 37.3 Å². The number of carbonyl (C=O) groups excluding carboxylic acids is 1. The average Bonchev–Trinajstić information content (AvgIpc) is 2.80. The maximum Gasteiger partial charge on any atom is 0.339 e. The fourth-order valence-corrected chi connectivity index (χ4v) is 4.17. The van der Waals surface area contributed by atoms with Crippen molar-refractivity contribution in [1.82, 2.24) is 5.32 Å². The molecular weight excluding hydrogens is 426 g/mol. The van der Waals surface area contributed by atoms with Crippen LogP contribution in [-0.2, 0) is 32.6 Å². The van der Waals surface area contributed by atoms with Gasteiger partial charge in [0.25, 0.3) is 0 Å². The van der Waals surface area contributed by atoms with E-state index in [1.165, 1.54) is 19.2 Å². The Balaban J connectivity index is 1.61. The summed E-state index contributed by atoms with van der Waals surface area (Å²) in [4.78, 5) is 12.3. The molecular formula is C25H27NO5S. The lowest BCUT2D eigenvalue weighted by Gasteiger charge is -2.16. The molecule has 0 bridgehead atoms. The van der Waals surface area contributed by atoms with Crippen LogP contribution in [0.4, 0.5) is 0 Å². The number of hydrogen-bond acceptors (Lipinski definition) is 6. The van der Waals surface area contributed by atoms with Crippen molar-refractivity contribution in [2.75, 3.05) is 13.7 Å². The van der Waals surface area contributed by atoms with Gasteiger partial charge in [0, 0.05) is 13.1 Å². The van der Waals surface area contributed by atoms with Crippen LogP contribution in [0, 0.1) is 12.8 Å². The normalized spacial score (nSPS) is 12.2.